The number of rotatable bonds is 17. The fraction of sp³-hybridized carbons (Fsp3) is 0.714. The highest BCUT2D eigenvalue weighted by Crippen LogP contribution is 2.51. The Bertz CT molecular complexity index is 1140. The maximum atomic E-state index is 10.7. The Hall–Kier alpha value is -2.04. The van der Waals surface area contributed by atoms with Crippen LogP contribution in [-0.4, -0.2) is 32.6 Å². The van der Waals surface area contributed by atoms with Gasteiger partial charge in [-0.05, 0) is 141 Å². The van der Waals surface area contributed by atoms with Crippen LogP contribution in [0.1, 0.15) is 141 Å². The molecule has 46 heavy (non-hydrogen) atoms. The van der Waals surface area contributed by atoms with Crippen LogP contribution < -0.4 is 0 Å². The number of phenolic OH excluding ortho intramolecular Hbond substituents is 2. The molecule has 0 fully saturated rings. The molecule has 0 aliphatic rings. The van der Waals surface area contributed by atoms with E-state index in [0.29, 0.717) is 29.3 Å². The molecule has 0 aromatic heterocycles. The predicted octanol–water partition coefficient (Wildman–Crippen LogP) is 10.6. The summed E-state index contributed by atoms with van der Waals surface area (Å²) in [6, 6.07) is 8.59. The SMILES string of the molecule is CCC(O)C(C)CC(C)C(C)(C(C)CCC(C)C(C)(c1cc(C)c(O)c(C)c1)c1cc(C)c(O)c(C)c1)C(C)CC(C)C(O)CC. The lowest BCUT2D eigenvalue weighted by Crippen LogP contribution is -2.42. The van der Waals surface area contributed by atoms with E-state index in [1.54, 1.807) is 0 Å². The summed E-state index contributed by atoms with van der Waals surface area (Å²) in [4.78, 5) is 0. The Balaban J connectivity index is 2.55. The van der Waals surface area contributed by atoms with Crippen molar-refractivity contribution >= 4 is 0 Å². The lowest BCUT2D eigenvalue weighted by atomic mass is 9.56. The summed E-state index contributed by atoms with van der Waals surface area (Å²) < 4.78 is 0. The van der Waals surface area contributed by atoms with Gasteiger partial charge in [-0.25, -0.2) is 0 Å². The van der Waals surface area contributed by atoms with E-state index in [-0.39, 0.29) is 40.8 Å². The molecule has 4 heteroatoms. The Morgan fingerprint density at radius 3 is 1.15 bits per heavy atom. The van der Waals surface area contributed by atoms with Crippen molar-refractivity contribution in [2.24, 2.45) is 40.9 Å². The average molecular weight is 639 g/mol. The molecular formula is C42H70O4. The molecule has 262 valence electrons. The van der Waals surface area contributed by atoms with Crippen LogP contribution in [-0.2, 0) is 5.41 Å². The van der Waals surface area contributed by atoms with Crippen molar-refractivity contribution in [1.29, 1.82) is 0 Å². The summed E-state index contributed by atoms with van der Waals surface area (Å²) in [5.74, 6) is 2.70. The second kappa shape index (κ2) is 16.4. The second-order valence-corrected chi connectivity index (χ2v) is 16.0. The molecule has 0 bridgehead atoms. The molecular weight excluding hydrogens is 568 g/mol. The molecule has 0 saturated carbocycles. The standard InChI is InChI=1S/C42H70O4/c1-15-37(43)25(3)19-33(11)41(13,34(12)20-26(4)38(44)16-2)31(9)17-18-32(10)42(14,35-21-27(5)39(45)28(6)22-35)36-23-29(7)40(46)30(8)24-36/h21-26,31-34,37-38,43-46H,15-20H2,1-14H3. The van der Waals surface area contributed by atoms with Crippen molar-refractivity contribution in [2.45, 2.75) is 153 Å². The third-order valence-corrected chi connectivity index (χ3v) is 13.0. The summed E-state index contributed by atoms with van der Waals surface area (Å²) in [7, 11) is 0. The minimum absolute atomic E-state index is 0.0248. The number of phenols is 2. The van der Waals surface area contributed by atoms with Crippen molar-refractivity contribution in [3.63, 3.8) is 0 Å². The molecule has 0 aliphatic heterocycles. The van der Waals surface area contributed by atoms with Crippen LogP contribution in [0.5, 0.6) is 11.5 Å². The van der Waals surface area contributed by atoms with Crippen LogP contribution in [0.2, 0.25) is 0 Å². The van der Waals surface area contributed by atoms with Crippen LogP contribution in [0.15, 0.2) is 24.3 Å². The largest absolute Gasteiger partial charge is 0.507 e. The first-order chi connectivity index (χ1) is 21.3. The Morgan fingerprint density at radius 1 is 0.543 bits per heavy atom. The molecule has 0 heterocycles. The van der Waals surface area contributed by atoms with Crippen LogP contribution in [0.4, 0.5) is 0 Å². The maximum Gasteiger partial charge on any atom is 0.121 e. The van der Waals surface area contributed by atoms with Crippen molar-refractivity contribution in [3.05, 3.63) is 57.6 Å². The molecule has 0 aliphatic carbocycles. The lowest BCUT2D eigenvalue weighted by Gasteiger charge is -2.49. The van der Waals surface area contributed by atoms with Gasteiger partial charge in [-0.1, -0.05) is 93.5 Å². The topological polar surface area (TPSA) is 80.9 Å². The number of aryl methyl sites for hydroxylation is 4. The van der Waals surface area contributed by atoms with Gasteiger partial charge in [0.1, 0.15) is 11.5 Å². The maximum absolute atomic E-state index is 10.7. The number of hydrogen-bond acceptors (Lipinski definition) is 4. The molecule has 4 nitrogen and oxygen atoms in total. The number of aliphatic hydroxyl groups is 2. The normalized spacial score (nSPS) is 19.0. The first-order valence-electron chi connectivity index (χ1n) is 18.2. The summed E-state index contributed by atoms with van der Waals surface area (Å²) in [6.45, 7) is 30.8. The predicted molar refractivity (Wildman–Crippen MR) is 196 cm³/mol. The zero-order valence-corrected chi connectivity index (χ0v) is 32.0. The third-order valence-electron chi connectivity index (χ3n) is 13.0. The number of aliphatic hydroxyl groups excluding tert-OH is 2. The summed E-state index contributed by atoms with van der Waals surface area (Å²) >= 11 is 0. The minimum Gasteiger partial charge on any atom is -0.507 e. The van der Waals surface area contributed by atoms with Gasteiger partial charge in [0.05, 0.1) is 12.2 Å². The fourth-order valence-corrected chi connectivity index (χ4v) is 8.55. The van der Waals surface area contributed by atoms with Gasteiger partial charge in [0.25, 0.3) is 0 Å². The van der Waals surface area contributed by atoms with Gasteiger partial charge >= 0.3 is 0 Å². The summed E-state index contributed by atoms with van der Waals surface area (Å²) in [5.41, 5.74) is 5.62. The average Bonchev–Trinajstić information content (AvgIpc) is 3.01. The lowest BCUT2D eigenvalue weighted by molar-refractivity contribution is -0.0111. The zero-order valence-electron chi connectivity index (χ0n) is 32.0. The van der Waals surface area contributed by atoms with Crippen molar-refractivity contribution in [2.75, 3.05) is 0 Å². The van der Waals surface area contributed by atoms with Gasteiger partial charge in [0.15, 0.2) is 0 Å². The van der Waals surface area contributed by atoms with Crippen LogP contribution in [0.25, 0.3) is 0 Å². The van der Waals surface area contributed by atoms with E-state index in [1.165, 1.54) is 11.1 Å². The highest BCUT2D eigenvalue weighted by Gasteiger charge is 2.44. The van der Waals surface area contributed by atoms with Gasteiger partial charge in [-0.15, -0.1) is 0 Å². The van der Waals surface area contributed by atoms with Crippen LogP contribution in [0.3, 0.4) is 0 Å². The molecule has 2 aromatic rings. The first-order valence-corrected chi connectivity index (χ1v) is 18.2. The third kappa shape index (κ3) is 8.51. The highest BCUT2D eigenvalue weighted by atomic mass is 16.3. The Morgan fingerprint density at radius 2 is 0.848 bits per heavy atom. The second-order valence-electron chi connectivity index (χ2n) is 16.0. The van der Waals surface area contributed by atoms with Crippen molar-refractivity contribution < 1.29 is 20.4 Å². The van der Waals surface area contributed by atoms with E-state index in [4.69, 9.17) is 0 Å². The van der Waals surface area contributed by atoms with Gasteiger partial charge in [-0.2, -0.15) is 0 Å². The smallest absolute Gasteiger partial charge is 0.121 e. The van der Waals surface area contributed by atoms with Gasteiger partial charge in [0, 0.05) is 5.41 Å². The minimum atomic E-state index is -0.334. The number of benzene rings is 2. The van der Waals surface area contributed by atoms with E-state index in [2.05, 4.69) is 93.5 Å². The van der Waals surface area contributed by atoms with E-state index in [1.807, 2.05) is 27.7 Å². The Kier molecular flexibility index (Phi) is 14.3. The molecule has 0 saturated heterocycles. The van der Waals surface area contributed by atoms with Crippen molar-refractivity contribution in [3.8, 4) is 11.5 Å². The van der Waals surface area contributed by atoms with Gasteiger partial charge in [-0.3, -0.25) is 0 Å². The van der Waals surface area contributed by atoms with E-state index >= 15 is 0 Å². The molecule has 8 atom stereocenters. The number of hydrogen-bond donors (Lipinski definition) is 4. The molecule has 0 radical (unpaired) electrons. The van der Waals surface area contributed by atoms with Gasteiger partial charge < -0.3 is 20.4 Å². The van der Waals surface area contributed by atoms with Crippen molar-refractivity contribution in [1.82, 2.24) is 0 Å². The Labute approximate surface area is 283 Å². The van der Waals surface area contributed by atoms with Crippen LogP contribution in [0, 0.1) is 68.6 Å². The quantitative estimate of drug-likeness (QED) is 0.139. The molecule has 4 N–H and O–H groups in total. The fourth-order valence-electron chi connectivity index (χ4n) is 8.55. The first kappa shape index (κ1) is 40.1. The molecule has 0 spiro atoms. The van der Waals surface area contributed by atoms with E-state index in [9.17, 15) is 20.4 Å². The molecule has 8 unspecified atom stereocenters. The molecule has 0 amide bonds. The van der Waals surface area contributed by atoms with Gasteiger partial charge in [0.2, 0.25) is 0 Å². The van der Waals surface area contributed by atoms with Crippen LogP contribution >= 0.6 is 0 Å². The van der Waals surface area contributed by atoms with E-state index < -0.39 is 0 Å². The zero-order chi connectivity index (χ0) is 35.3. The highest BCUT2D eigenvalue weighted by molar-refractivity contribution is 5.52. The number of aromatic hydroxyl groups is 2. The molecule has 2 aromatic carbocycles. The summed E-state index contributed by atoms with van der Waals surface area (Å²) in [5, 5.41) is 42.7. The monoisotopic (exact) mass is 639 g/mol. The molecule has 2 rings (SSSR count). The summed E-state index contributed by atoms with van der Waals surface area (Å²) in [6.07, 6.45) is 5.03. The van der Waals surface area contributed by atoms with E-state index in [0.717, 1.165) is 60.8 Å².